The topological polar surface area (TPSA) is 62.4 Å². The van der Waals surface area contributed by atoms with Gasteiger partial charge in [-0.25, -0.2) is 0 Å². The summed E-state index contributed by atoms with van der Waals surface area (Å²) >= 11 is 1.27. The van der Waals surface area contributed by atoms with Crippen molar-refractivity contribution in [3.8, 4) is 6.07 Å². The summed E-state index contributed by atoms with van der Waals surface area (Å²) in [7, 11) is 0. The van der Waals surface area contributed by atoms with Crippen LogP contribution in [0.2, 0.25) is 0 Å². The number of thiophene rings is 1. The van der Waals surface area contributed by atoms with Gasteiger partial charge in [-0.05, 0) is 11.4 Å². The van der Waals surface area contributed by atoms with E-state index in [2.05, 4.69) is 11.7 Å². The minimum absolute atomic E-state index is 0.230. The molecule has 4 nitrogen and oxygen atoms in total. The average molecular weight is 234 g/mol. The molecule has 0 amide bonds. The van der Waals surface area contributed by atoms with Gasteiger partial charge in [-0.3, -0.25) is 4.79 Å². The van der Waals surface area contributed by atoms with Gasteiger partial charge in [0.1, 0.15) is 12.7 Å². The summed E-state index contributed by atoms with van der Waals surface area (Å²) in [6, 6.07) is 5.11. The lowest BCUT2D eigenvalue weighted by molar-refractivity contribution is 0.105. The molecule has 0 saturated heterocycles. The van der Waals surface area contributed by atoms with E-state index in [0.717, 1.165) is 0 Å². The van der Waals surface area contributed by atoms with E-state index >= 15 is 0 Å². The number of ketones is 1. The molecule has 0 N–H and O–H groups in total. The van der Waals surface area contributed by atoms with Gasteiger partial charge in [-0.1, -0.05) is 17.3 Å². The van der Waals surface area contributed by atoms with Crippen molar-refractivity contribution in [2.45, 2.75) is 6.42 Å². The van der Waals surface area contributed by atoms with Crippen molar-refractivity contribution in [3.63, 3.8) is 0 Å². The van der Waals surface area contributed by atoms with Gasteiger partial charge in [0, 0.05) is 6.42 Å². The molecule has 0 saturated carbocycles. The smallest absolute Gasteiger partial charge is 0.235 e. The highest BCUT2D eigenvalue weighted by Crippen LogP contribution is 2.10. The standard InChI is InChI=1S/C11H10N2O2S/c1-2-3-6-15-13-9(8-12)11(14)10-5-4-7-16-10/h2,4-5,7H,1,3,6H2/b13-9+. The Balaban J connectivity index is 2.64. The van der Waals surface area contributed by atoms with Crippen LogP contribution in [0.15, 0.2) is 35.3 Å². The van der Waals surface area contributed by atoms with Gasteiger partial charge < -0.3 is 4.84 Å². The second-order valence-corrected chi connectivity index (χ2v) is 3.72. The second kappa shape index (κ2) is 6.53. The molecule has 0 aliphatic rings. The van der Waals surface area contributed by atoms with Crippen LogP contribution >= 0.6 is 11.3 Å². The monoisotopic (exact) mass is 234 g/mol. The Morgan fingerprint density at radius 2 is 2.56 bits per heavy atom. The highest BCUT2D eigenvalue weighted by molar-refractivity contribution is 7.13. The summed E-state index contributed by atoms with van der Waals surface area (Å²) in [4.78, 5) is 17.0. The fraction of sp³-hybridized carbons (Fsp3) is 0.182. The molecule has 5 heteroatoms. The Hall–Kier alpha value is -1.93. The van der Waals surface area contributed by atoms with Gasteiger partial charge >= 0.3 is 0 Å². The molecule has 0 aliphatic carbocycles. The van der Waals surface area contributed by atoms with Crippen LogP contribution in [0.4, 0.5) is 0 Å². The number of carbonyl (C=O) groups excluding carboxylic acids is 1. The molecule has 0 spiro atoms. The summed E-state index contributed by atoms with van der Waals surface area (Å²) < 4.78 is 0. The zero-order valence-corrected chi connectivity index (χ0v) is 9.37. The van der Waals surface area contributed by atoms with E-state index in [1.165, 1.54) is 11.3 Å². The van der Waals surface area contributed by atoms with Crippen LogP contribution in [0.3, 0.4) is 0 Å². The van der Waals surface area contributed by atoms with Gasteiger partial charge in [0.05, 0.1) is 4.88 Å². The van der Waals surface area contributed by atoms with E-state index in [9.17, 15) is 4.79 Å². The predicted molar refractivity (Wildman–Crippen MR) is 62.5 cm³/mol. The Kier molecular flexibility index (Phi) is 4.96. The molecule has 0 radical (unpaired) electrons. The molecule has 0 atom stereocenters. The largest absolute Gasteiger partial charge is 0.394 e. The van der Waals surface area contributed by atoms with Crippen LogP contribution in [-0.4, -0.2) is 18.1 Å². The fourth-order valence-corrected chi connectivity index (χ4v) is 1.55. The van der Waals surface area contributed by atoms with Crippen LogP contribution in [0.25, 0.3) is 0 Å². The van der Waals surface area contributed by atoms with Gasteiger partial charge in [-0.15, -0.1) is 17.9 Å². The van der Waals surface area contributed by atoms with E-state index in [4.69, 9.17) is 10.1 Å². The van der Waals surface area contributed by atoms with E-state index in [1.54, 1.807) is 29.7 Å². The minimum Gasteiger partial charge on any atom is -0.394 e. The lowest BCUT2D eigenvalue weighted by Crippen LogP contribution is -2.11. The first-order valence-electron chi connectivity index (χ1n) is 4.58. The maximum absolute atomic E-state index is 11.7. The van der Waals surface area contributed by atoms with Gasteiger partial charge in [-0.2, -0.15) is 5.26 Å². The van der Waals surface area contributed by atoms with Crippen molar-refractivity contribution in [1.82, 2.24) is 0 Å². The first-order chi connectivity index (χ1) is 7.79. The van der Waals surface area contributed by atoms with Crippen molar-refractivity contribution < 1.29 is 9.63 Å². The summed E-state index contributed by atoms with van der Waals surface area (Å²) in [5.41, 5.74) is -0.230. The molecule has 1 heterocycles. The lowest BCUT2D eigenvalue weighted by atomic mass is 10.2. The number of oxime groups is 1. The third kappa shape index (κ3) is 3.33. The van der Waals surface area contributed by atoms with Gasteiger partial charge in [0.15, 0.2) is 0 Å². The summed E-state index contributed by atoms with van der Waals surface area (Å²) in [6.07, 6.45) is 2.29. The SMILES string of the molecule is C=CCCO/N=C(\C#N)C(=O)c1cccs1. The first kappa shape index (κ1) is 12.1. The van der Waals surface area contributed by atoms with E-state index < -0.39 is 5.78 Å². The number of hydrogen-bond donors (Lipinski definition) is 0. The third-order valence-electron chi connectivity index (χ3n) is 1.64. The quantitative estimate of drug-likeness (QED) is 0.249. The molecular weight excluding hydrogens is 224 g/mol. The molecule has 0 aromatic carbocycles. The average Bonchev–Trinajstić information content (AvgIpc) is 2.82. The Labute approximate surface area is 97.5 Å². The number of nitriles is 1. The Bertz CT molecular complexity index is 429. The zero-order chi connectivity index (χ0) is 11.8. The van der Waals surface area contributed by atoms with Crippen molar-refractivity contribution in [2.75, 3.05) is 6.61 Å². The molecule has 0 aliphatic heterocycles. The number of nitrogens with zero attached hydrogens (tertiary/aromatic N) is 2. The molecule has 82 valence electrons. The highest BCUT2D eigenvalue weighted by Gasteiger charge is 2.15. The fourth-order valence-electron chi connectivity index (χ4n) is 0.883. The van der Waals surface area contributed by atoms with E-state index in [1.807, 2.05) is 0 Å². The molecule has 1 aromatic rings. The first-order valence-corrected chi connectivity index (χ1v) is 5.46. The van der Waals surface area contributed by atoms with Gasteiger partial charge in [0.25, 0.3) is 0 Å². The maximum Gasteiger partial charge on any atom is 0.235 e. The summed E-state index contributed by atoms with van der Waals surface area (Å²) in [5, 5.41) is 14.0. The lowest BCUT2D eigenvalue weighted by Gasteiger charge is -1.96. The normalized spacial score (nSPS) is 10.6. The van der Waals surface area contributed by atoms with Crippen LogP contribution < -0.4 is 0 Å². The number of Topliss-reactive ketones (excluding diaryl/α,β-unsaturated/α-hetero) is 1. The van der Waals surface area contributed by atoms with Crippen molar-refractivity contribution >= 4 is 22.8 Å². The number of carbonyl (C=O) groups is 1. The van der Waals surface area contributed by atoms with E-state index in [-0.39, 0.29) is 5.71 Å². The van der Waals surface area contributed by atoms with Crippen LogP contribution in [-0.2, 0) is 4.84 Å². The number of hydrogen-bond acceptors (Lipinski definition) is 5. The molecule has 0 bridgehead atoms. The summed E-state index contributed by atoms with van der Waals surface area (Å²) in [6.45, 7) is 3.83. The molecule has 0 unspecified atom stereocenters. The van der Waals surface area contributed by atoms with Crippen molar-refractivity contribution in [1.29, 1.82) is 5.26 Å². The zero-order valence-electron chi connectivity index (χ0n) is 8.55. The molecular formula is C11H10N2O2S. The molecule has 0 fully saturated rings. The summed E-state index contributed by atoms with van der Waals surface area (Å²) in [5.74, 6) is -0.406. The number of rotatable bonds is 6. The van der Waals surface area contributed by atoms with Crippen LogP contribution in [0, 0.1) is 11.3 Å². The van der Waals surface area contributed by atoms with Gasteiger partial charge in [0.2, 0.25) is 11.5 Å². The van der Waals surface area contributed by atoms with Crippen LogP contribution in [0.1, 0.15) is 16.1 Å². The van der Waals surface area contributed by atoms with Crippen molar-refractivity contribution in [3.05, 3.63) is 35.0 Å². The van der Waals surface area contributed by atoms with E-state index in [0.29, 0.717) is 17.9 Å². The molecule has 1 rings (SSSR count). The predicted octanol–water partition coefficient (Wildman–Crippen LogP) is 2.40. The van der Waals surface area contributed by atoms with Crippen LogP contribution in [0.5, 0.6) is 0 Å². The second-order valence-electron chi connectivity index (χ2n) is 2.77. The minimum atomic E-state index is -0.406. The highest BCUT2D eigenvalue weighted by atomic mass is 32.1. The Morgan fingerprint density at radius 1 is 1.75 bits per heavy atom. The third-order valence-corrected chi connectivity index (χ3v) is 2.50. The molecule has 16 heavy (non-hydrogen) atoms. The molecule has 1 aromatic heterocycles. The maximum atomic E-state index is 11.7. The van der Waals surface area contributed by atoms with Crippen molar-refractivity contribution in [2.24, 2.45) is 5.16 Å². The Morgan fingerprint density at radius 3 is 3.12 bits per heavy atom.